The maximum atomic E-state index is 11.8. The molecule has 0 bridgehead atoms. The van der Waals surface area contributed by atoms with Crippen molar-refractivity contribution >= 4 is 11.8 Å². The quantitative estimate of drug-likeness (QED) is 0.888. The topological polar surface area (TPSA) is 73.6 Å². The van der Waals surface area contributed by atoms with E-state index in [9.17, 15) is 4.79 Å². The molecular formula is C15H22N2O3. The van der Waals surface area contributed by atoms with E-state index in [-0.39, 0.29) is 12.2 Å². The summed E-state index contributed by atoms with van der Waals surface area (Å²) in [5.41, 5.74) is 7.27. The van der Waals surface area contributed by atoms with Gasteiger partial charge in [-0.2, -0.15) is 0 Å². The van der Waals surface area contributed by atoms with Gasteiger partial charge in [-0.3, -0.25) is 5.32 Å². The summed E-state index contributed by atoms with van der Waals surface area (Å²) in [4.78, 5) is 11.8. The van der Waals surface area contributed by atoms with Crippen LogP contribution in [0.2, 0.25) is 0 Å². The molecule has 1 fully saturated rings. The normalized spacial score (nSPS) is 22.3. The molecular weight excluding hydrogens is 256 g/mol. The van der Waals surface area contributed by atoms with E-state index in [1.54, 1.807) is 7.11 Å². The summed E-state index contributed by atoms with van der Waals surface area (Å²) in [5, 5.41) is 2.73. The SMILES string of the molecule is COC1CCCC(OC(=O)Nc2ccc(CN)cc2)C1. The molecule has 2 unspecified atom stereocenters. The molecule has 1 aliphatic rings. The molecule has 0 saturated heterocycles. The standard InChI is InChI=1S/C15H22N2O3/c1-19-13-3-2-4-14(9-13)20-15(18)17-12-7-5-11(10-16)6-8-12/h5-8,13-14H,2-4,9-10,16H2,1H3,(H,17,18). The van der Waals surface area contributed by atoms with Crippen LogP contribution in [0.15, 0.2) is 24.3 Å². The Labute approximate surface area is 119 Å². The number of ether oxygens (including phenoxy) is 2. The Kier molecular flexibility index (Phi) is 5.38. The molecule has 2 rings (SSSR count). The van der Waals surface area contributed by atoms with Gasteiger partial charge in [-0.25, -0.2) is 4.79 Å². The van der Waals surface area contributed by atoms with E-state index in [0.717, 1.165) is 31.2 Å². The number of carbonyl (C=O) groups excluding carboxylic acids is 1. The minimum atomic E-state index is -0.410. The summed E-state index contributed by atoms with van der Waals surface area (Å²) in [6.45, 7) is 0.491. The van der Waals surface area contributed by atoms with Crippen LogP contribution in [0.1, 0.15) is 31.2 Å². The Morgan fingerprint density at radius 1 is 1.30 bits per heavy atom. The Balaban J connectivity index is 1.82. The maximum Gasteiger partial charge on any atom is 0.411 e. The van der Waals surface area contributed by atoms with Crippen LogP contribution >= 0.6 is 0 Å². The average molecular weight is 278 g/mol. The fourth-order valence-electron chi connectivity index (χ4n) is 2.45. The second-order valence-corrected chi connectivity index (χ2v) is 5.08. The lowest BCUT2D eigenvalue weighted by Crippen LogP contribution is -2.30. The number of anilines is 1. The molecule has 0 aromatic heterocycles. The molecule has 5 nitrogen and oxygen atoms in total. The zero-order valence-corrected chi connectivity index (χ0v) is 11.8. The number of rotatable bonds is 4. The number of hydrogen-bond acceptors (Lipinski definition) is 4. The Hall–Kier alpha value is -1.59. The third-order valence-corrected chi connectivity index (χ3v) is 3.62. The van der Waals surface area contributed by atoms with Gasteiger partial charge in [0.2, 0.25) is 0 Å². The molecule has 0 heterocycles. The second-order valence-electron chi connectivity index (χ2n) is 5.08. The van der Waals surface area contributed by atoms with E-state index < -0.39 is 6.09 Å². The van der Waals surface area contributed by atoms with Crippen LogP contribution in [-0.2, 0) is 16.0 Å². The molecule has 5 heteroatoms. The van der Waals surface area contributed by atoms with Crippen molar-refractivity contribution in [3.8, 4) is 0 Å². The highest BCUT2D eigenvalue weighted by Gasteiger charge is 2.24. The first-order valence-corrected chi connectivity index (χ1v) is 7.00. The van der Waals surface area contributed by atoms with Crippen molar-refractivity contribution in [2.45, 2.75) is 44.4 Å². The van der Waals surface area contributed by atoms with Gasteiger partial charge in [0.1, 0.15) is 6.10 Å². The predicted molar refractivity (Wildman–Crippen MR) is 77.5 cm³/mol. The van der Waals surface area contributed by atoms with Gasteiger partial charge in [0.25, 0.3) is 0 Å². The molecule has 2 atom stereocenters. The lowest BCUT2D eigenvalue weighted by molar-refractivity contribution is 0.00480. The first-order chi connectivity index (χ1) is 9.71. The molecule has 110 valence electrons. The minimum Gasteiger partial charge on any atom is -0.446 e. The van der Waals surface area contributed by atoms with Crippen LogP contribution in [0.4, 0.5) is 10.5 Å². The van der Waals surface area contributed by atoms with Gasteiger partial charge in [-0.15, -0.1) is 0 Å². The number of nitrogens with two attached hydrogens (primary N) is 1. The third-order valence-electron chi connectivity index (χ3n) is 3.62. The zero-order valence-electron chi connectivity index (χ0n) is 11.8. The molecule has 20 heavy (non-hydrogen) atoms. The van der Waals surface area contributed by atoms with Crippen molar-refractivity contribution in [2.24, 2.45) is 5.73 Å². The molecule has 0 spiro atoms. The van der Waals surface area contributed by atoms with E-state index in [0.29, 0.717) is 12.2 Å². The number of methoxy groups -OCH3 is 1. The zero-order chi connectivity index (χ0) is 14.4. The summed E-state index contributed by atoms with van der Waals surface area (Å²) in [6.07, 6.45) is 3.48. The highest BCUT2D eigenvalue weighted by atomic mass is 16.6. The monoisotopic (exact) mass is 278 g/mol. The molecule has 0 aliphatic heterocycles. The van der Waals surface area contributed by atoms with Crippen molar-refractivity contribution in [1.82, 2.24) is 0 Å². The van der Waals surface area contributed by atoms with Crippen LogP contribution in [0.25, 0.3) is 0 Å². The summed E-state index contributed by atoms with van der Waals surface area (Å²) < 4.78 is 10.8. The highest BCUT2D eigenvalue weighted by molar-refractivity contribution is 5.84. The average Bonchev–Trinajstić information content (AvgIpc) is 2.48. The number of carbonyl (C=O) groups is 1. The van der Waals surface area contributed by atoms with Crippen LogP contribution in [0.5, 0.6) is 0 Å². The maximum absolute atomic E-state index is 11.8. The van der Waals surface area contributed by atoms with E-state index >= 15 is 0 Å². The number of benzene rings is 1. The van der Waals surface area contributed by atoms with Crippen LogP contribution in [0.3, 0.4) is 0 Å². The lowest BCUT2D eigenvalue weighted by atomic mass is 9.95. The largest absolute Gasteiger partial charge is 0.446 e. The predicted octanol–water partition coefficient (Wildman–Crippen LogP) is 2.65. The van der Waals surface area contributed by atoms with Gasteiger partial charge in [-0.1, -0.05) is 12.1 Å². The van der Waals surface area contributed by atoms with Gasteiger partial charge in [-0.05, 0) is 37.0 Å². The van der Waals surface area contributed by atoms with Crippen LogP contribution in [-0.4, -0.2) is 25.4 Å². The highest BCUT2D eigenvalue weighted by Crippen LogP contribution is 2.23. The third kappa shape index (κ3) is 4.21. The van der Waals surface area contributed by atoms with Gasteiger partial charge in [0.05, 0.1) is 6.10 Å². The molecule has 1 amide bonds. The first-order valence-electron chi connectivity index (χ1n) is 7.00. The van der Waals surface area contributed by atoms with Gasteiger partial charge < -0.3 is 15.2 Å². The van der Waals surface area contributed by atoms with Gasteiger partial charge in [0.15, 0.2) is 0 Å². The van der Waals surface area contributed by atoms with Crippen molar-refractivity contribution in [3.63, 3.8) is 0 Å². The fourth-order valence-corrected chi connectivity index (χ4v) is 2.45. The van der Waals surface area contributed by atoms with Gasteiger partial charge >= 0.3 is 6.09 Å². The summed E-state index contributed by atoms with van der Waals surface area (Å²) >= 11 is 0. The van der Waals surface area contributed by atoms with E-state index in [2.05, 4.69) is 5.32 Å². The van der Waals surface area contributed by atoms with Crippen molar-refractivity contribution < 1.29 is 14.3 Å². The smallest absolute Gasteiger partial charge is 0.411 e. The van der Waals surface area contributed by atoms with Gasteiger partial charge in [0, 0.05) is 25.8 Å². The van der Waals surface area contributed by atoms with Crippen molar-refractivity contribution in [1.29, 1.82) is 0 Å². The first kappa shape index (κ1) is 14.8. The number of nitrogens with one attached hydrogen (secondary N) is 1. The van der Waals surface area contributed by atoms with E-state index in [4.69, 9.17) is 15.2 Å². The number of hydrogen-bond donors (Lipinski definition) is 2. The van der Waals surface area contributed by atoms with E-state index in [1.807, 2.05) is 24.3 Å². The molecule has 3 N–H and O–H groups in total. The summed E-state index contributed by atoms with van der Waals surface area (Å²) in [7, 11) is 1.70. The fraction of sp³-hybridized carbons (Fsp3) is 0.533. The second kappa shape index (κ2) is 7.26. The van der Waals surface area contributed by atoms with Crippen LogP contribution in [0, 0.1) is 0 Å². The lowest BCUT2D eigenvalue weighted by Gasteiger charge is -2.27. The molecule has 0 radical (unpaired) electrons. The Bertz CT molecular complexity index is 433. The molecule has 1 aliphatic carbocycles. The summed E-state index contributed by atoms with van der Waals surface area (Å²) in [6, 6.07) is 7.42. The molecule has 1 aromatic rings. The summed E-state index contributed by atoms with van der Waals surface area (Å²) in [5.74, 6) is 0. The van der Waals surface area contributed by atoms with Crippen molar-refractivity contribution in [3.05, 3.63) is 29.8 Å². The number of amides is 1. The van der Waals surface area contributed by atoms with Crippen molar-refractivity contribution in [2.75, 3.05) is 12.4 Å². The van der Waals surface area contributed by atoms with E-state index in [1.165, 1.54) is 0 Å². The minimum absolute atomic E-state index is 0.0583. The molecule has 1 aromatic carbocycles. The van der Waals surface area contributed by atoms with Crippen LogP contribution < -0.4 is 11.1 Å². The molecule has 1 saturated carbocycles. The Morgan fingerprint density at radius 2 is 2.00 bits per heavy atom. The Morgan fingerprint density at radius 3 is 2.65 bits per heavy atom.